The van der Waals surface area contributed by atoms with Gasteiger partial charge in [-0.15, -0.1) is 0 Å². The summed E-state index contributed by atoms with van der Waals surface area (Å²) >= 11 is 0. The standard InChI is InChI=1S/C17H26N2O/c1-12(2)14-6-5-7-16(11-14)19(4)17(20)15-8-9-18-13(3)10-15/h5-7,11-13,15,18H,8-10H2,1-4H3/t13-,15-/m0/s1. The van der Waals surface area contributed by atoms with Gasteiger partial charge in [0.1, 0.15) is 0 Å². The fourth-order valence-corrected chi connectivity index (χ4v) is 2.85. The number of benzene rings is 1. The van der Waals surface area contributed by atoms with Crippen molar-refractivity contribution in [1.82, 2.24) is 5.32 Å². The molecule has 0 spiro atoms. The molecule has 2 atom stereocenters. The van der Waals surface area contributed by atoms with Crippen LogP contribution in [-0.2, 0) is 4.79 Å². The molecule has 3 nitrogen and oxygen atoms in total. The van der Waals surface area contributed by atoms with Gasteiger partial charge < -0.3 is 10.2 Å². The minimum Gasteiger partial charge on any atom is -0.315 e. The van der Waals surface area contributed by atoms with Crippen molar-refractivity contribution in [1.29, 1.82) is 0 Å². The number of carbonyl (C=O) groups is 1. The topological polar surface area (TPSA) is 32.3 Å². The third kappa shape index (κ3) is 3.40. The van der Waals surface area contributed by atoms with E-state index >= 15 is 0 Å². The molecule has 20 heavy (non-hydrogen) atoms. The predicted octanol–water partition coefficient (Wildman–Crippen LogP) is 3.16. The minimum absolute atomic E-state index is 0.152. The molecule has 2 rings (SSSR count). The number of carbonyl (C=O) groups excluding carboxylic acids is 1. The third-order valence-electron chi connectivity index (χ3n) is 4.23. The lowest BCUT2D eigenvalue weighted by atomic mass is 9.92. The van der Waals surface area contributed by atoms with Crippen molar-refractivity contribution in [2.24, 2.45) is 5.92 Å². The quantitative estimate of drug-likeness (QED) is 0.918. The van der Waals surface area contributed by atoms with Crippen LogP contribution in [0.15, 0.2) is 24.3 Å². The van der Waals surface area contributed by atoms with Crippen LogP contribution in [0.25, 0.3) is 0 Å². The van der Waals surface area contributed by atoms with Crippen molar-refractivity contribution in [3.63, 3.8) is 0 Å². The highest BCUT2D eigenvalue weighted by molar-refractivity contribution is 5.94. The second-order valence-corrected chi connectivity index (χ2v) is 6.22. The van der Waals surface area contributed by atoms with Crippen LogP contribution in [0.3, 0.4) is 0 Å². The first-order valence-electron chi connectivity index (χ1n) is 7.60. The summed E-state index contributed by atoms with van der Waals surface area (Å²) in [7, 11) is 1.90. The molecular formula is C17H26N2O. The fourth-order valence-electron chi connectivity index (χ4n) is 2.85. The molecule has 1 N–H and O–H groups in total. The molecule has 1 fully saturated rings. The number of hydrogen-bond donors (Lipinski definition) is 1. The predicted molar refractivity (Wildman–Crippen MR) is 84.1 cm³/mol. The van der Waals surface area contributed by atoms with Gasteiger partial charge in [0.25, 0.3) is 0 Å². The lowest BCUT2D eigenvalue weighted by Crippen LogP contribution is -2.43. The summed E-state index contributed by atoms with van der Waals surface area (Å²) in [4.78, 5) is 14.5. The lowest BCUT2D eigenvalue weighted by molar-refractivity contribution is -0.123. The summed E-state index contributed by atoms with van der Waals surface area (Å²) in [6.07, 6.45) is 1.88. The zero-order valence-electron chi connectivity index (χ0n) is 13.0. The van der Waals surface area contributed by atoms with Gasteiger partial charge in [-0.2, -0.15) is 0 Å². The maximum absolute atomic E-state index is 12.6. The van der Waals surface area contributed by atoms with Gasteiger partial charge in [0.2, 0.25) is 5.91 Å². The monoisotopic (exact) mass is 274 g/mol. The number of nitrogens with zero attached hydrogens (tertiary/aromatic N) is 1. The van der Waals surface area contributed by atoms with Gasteiger partial charge in [0.05, 0.1) is 0 Å². The second-order valence-electron chi connectivity index (χ2n) is 6.22. The van der Waals surface area contributed by atoms with Crippen LogP contribution in [-0.4, -0.2) is 25.5 Å². The van der Waals surface area contributed by atoms with Crippen LogP contribution in [0, 0.1) is 5.92 Å². The summed E-state index contributed by atoms with van der Waals surface area (Å²) < 4.78 is 0. The van der Waals surface area contributed by atoms with Crippen LogP contribution in [0.4, 0.5) is 5.69 Å². The number of piperidine rings is 1. The van der Waals surface area contributed by atoms with E-state index in [0.29, 0.717) is 12.0 Å². The van der Waals surface area contributed by atoms with E-state index in [9.17, 15) is 4.79 Å². The van der Waals surface area contributed by atoms with E-state index in [-0.39, 0.29) is 11.8 Å². The molecule has 1 aromatic carbocycles. The molecule has 0 aromatic heterocycles. The van der Waals surface area contributed by atoms with Gasteiger partial charge in [-0.25, -0.2) is 0 Å². The van der Waals surface area contributed by atoms with Gasteiger partial charge in [0, 0.05) is 24.7 Å². The summed E-state index contributed by atoms with van der Waals surface area (Å²) in [5.74, 6) is 0.885. The average molecular weight is 274 g/mol. The number of rotatable bonds is 3. The summed E-state index contributed by atoms with van der Waals surface area (Å²) in [5, 5.41) is 3.40. The Kier molecular flexibility index (Phi) is 4.81. The van der Waals surface area contributed by atoms with E-state index in [0.717, 1.165) is 25.1 Å². The molecule has 1 heterocycles. The Morgan fingerprint density at radius 3 is 2.80 bits per heavy atom. The molecule has 110 valence electrons. The SMILES string of the molecule is CC(C)c1cccc(N(C)C(=O)[C@H]2CCN[C@@H](C)C2)c1. The highest BCUT2D eigenvalue weighted by Gasteiger charge is 2.27. The number of anilines is 1. The maximum atomic E-state index is 12.6. The van der Waals surface area contributed by atoms with Gasteiger partial charge in [-0.1, -0.05) is 26.0 Å². The molecule has 1 aliphatic heterocycles. The van der Waals surface area contributed by atoms with Gasteiger partial charge in [-0.3, -0.25) is 4.79 Å². The highest BCUT2D eigenvalue weighted by Crippen LogP contribution is 2.24. The molecule has 1 aromatic rings. The second kappa shape index (κ2) is 6.40. The van der Waals surface area contributed by atoms with Crippen molar-refractivity contribution in [3.05, 3.63) is 29.8 Å². The largest absolute Gasteiger partial charge is 0.315 e. The first-order valence-corrected chi connectivity index (χ1v) is 7.60. The van der Waals surface area contributed by atoms with E-state index < -0.39 is 0 Å². The van der Waals surface area contributed by atoms with Crippen molar-refractivity contribution in [2.45, 2.75) is 45.6 Å². The Hall–Kier alpha value is -1.35. The smallest absolute Gasteiger partial charge is 0.229 e. The molecule has 1 amide bonds. The van der Waals surface area contributed by atoms with Gasteiger partial charge >= 0.3 is 0 Å². The van der Waals surface area contributed by atoms with Crippen molar-refractivity contribution in [2.75, 3.05) is 18.5 Å². The third-order valence-corrected chi connectivity index (χ3v) is 4.23. The number of amides is 1. The molecule has 0 unspecified atom stereocenters. The first-order chi connectivity index (χ1) is 9.49. The summed E-state index contributed by atoms with van der Waals surface area (Å²) in [6, 6.07) is 8.76. The molecular weight excluding hydrogens is 248 g/mol. The van der Waals surface area contributed by atoms with Crippen LogP contribution in [0.5, 0.6) is 0 Å². The maximum Gasteiger partial charge on any atom is 0.229 e. The van der Waals surface area contributed by atoms with E-state index in [1.807, 2.05) is 24.1 Å². The normalized spacial score (nSPS) is 22.9. The van der Waals surface area contributed by atoms with Crippen molar-refractivity contribution < 1.29 is 4.79 Å². The van der Waals surface area contributed by atoms with Crippen LogP contribution < -0.4 is 10.2 Å². The Balaban J connectivity index is 2.11. The molecule has 1 saturated heterocycles. The Morgan fingerprint density at radius 2 is 2.15 bits per heavy atom. The zero-order chi connectivity index (χ0) is 14.7. The average Bonchev–Trinajstić information content (AvgIpc) is 2.45. The van der Waals surface area contributed by atoms with E-state index in [1.54, 1.807) is 0 Å². The Bertz CT molecular complexity index is 470. The summed E-state index contributed by atoms with van der Waals surface area (Å²) in [6.45, 7) is 7.45. The molecule has 3 heteroatoms. The lowest BCUT2D eigenvalue weighted by Gasteiger charge is -2.30. The minimum atomic E-state index is 0.152. The molecule has 0 radical (unpaired) electrons. The molecule has 0 saturated carbocycles. The van der Waals surface area contributed by atoms with Crippen LogP contribution in [0.2, 0.25) is 0 Å². The summed E-state index contributed by atoms with van der Waals surface area (Å²) in [5.41, 5.74) is 2.29. The van der Waals surface area contributed by atoms with Gasteiger partial charge in [0.15, 0.2) is 0 Å². The van der Waals surface area contributed by atoms with Crippen LogP contribution in [0.1, 0.15) is 45.1 Å². The Labute approximate surface area is 122 Å². The van der Waals surface area contributed by atoms with Crippen LogP contribution >= 0.6 is 0 Å². The van der Waals surface area contributed by atoms with E-state index in [2.05, 4.69) is 38.2 Å². The Morgan fingerprint density at radius 1 is 1.40 bits per heavy atom. The first kappa shape index (κ1) is 15.0. The molecule has 1 aliphatic rings. The molecule has 0 aliphatic carbocycles. The number of nitrogens with one attached hydrogen (secondary N) is 1. The van der Waals surface area contributed by atoms with Crippen molar-refractivity contribution in [3.8, 4) is 0 Å². The molecule has 0 bridgehead atoms. The fraction of sp³-hybridized carbons (Fsp3) is 0.588. The zero-order valence-corrected chi connectivity index (χ0v) is 13.0. The van der Waals surface area contributed by atoms with E-state index in [1.165, 1.54) is 5.56 Å². The van der Waals surface area contributed by atoms with Gasteiger partial charge in [-0.05, 0) is 49.9 Å². The van der Waals surface area contributed by atoms with E-state index in [4.69, 9.17) is 0 Å². The van der Waals surface area contributed by atoms with Crippen molar-refractivity contribution >= 4 is 11.6 Å². The highest BCUT2D eigenvalue weighted by atomic mass is 16.2. The number of hydrogen-bond acceptors (Lipinski definition) is 2.